The van der Waals surface area contributed by atoms with Gasteiger partial charge in [-0.05, 0) is 6.07 Å². The molecule has 0 unspecified atom stereocenters. The Morgan fingerprint density at radius 3 is 3.25 bits per heavy atom. The minimum Gasteiger partial charge on any atom is -0.350 e. The lowest BCUT2D eigenvalue weighted by molar-refractivity contribution is -0.120. The summed E-state index contributed by atoms with van der Waals surface area (Å²) in [6.07, 6.45) is 1.50. The topological polar surface area (TPSA) is 81.6 Å². The van der Waals surface area contributed by atoms with E-state index in [1.54, 1.807) is 18.3 Å². The van der Waals surface area contributed by atoms with E-state index in [2.05, 4.69) is 15.5 Å². The van der Waals surface area contributed by atoms with Crippen LogP contribution in [-0.2, 0) is 11.3 Å². The highest BCUT2D eigenvalue weighted by Crippen LogP contribution is 1.89. The zero-order valence-electron chi connectivity index (χ0n) is 6.37. The van der Waals surface area contributed by atoms with Crippen molar-refractivity contribution in [3.63, 3.8) is 0 Å². The Morgan fingerprint density at radius 1 is 1.83 bits per heavy atom. The fourth-order valence-electron chi connectivity index (χ4n) is 0.711. The van der Waals surface area contributed by atoms with E-state index in [0.717, 1.165) is 5.69 Å². The average molecular weight is 164 g/mol. The smallest absolute Gasteiger partial charge is 0.234 e. The van der Waals surface area contributed by atoms with Crippen molar-refractivity contribution in [1.82, 2.24) is 15.5 Å². The van der Waals surface area contributed by atoms with E-state index in [0.29, 0.717) is 6.54 Å². The van der Waals surface area contributed by atoms with Crippen LogP contribution >= 0.6 is 0 Å². The van der Waals surface area contributed by atoms with Gasteiger partial charge >= 0.3 is 0 Å². The van der Waals surface area contributed by atoms with E-state index in [1.807, 2.05) is 0 Å². The van der Waals surface area contributed by atoms with Gasteiger partial charge in [0, 0.05) is 6.20 Å². The number of hydrogen-bond donors (Lipinski definition) is 2. The number of amides is 1. The molecule has 2 N–H and O–H groups in total. The van der Waals surface area contributed by atoms with Crippen molar-refractivity contribution in [2.75, 3.05) is 0 Å². The molecule has 62 valence electrons. The number of carbonyl (C=O) groups is 1. The molecule has 1 heterocycles. The van der Waals surface area contributed by atoms with Gasteiger partial charge in [-0.15, -0.1) is 0 Å². The molecule has 0 saturated carbocycles. The van der Waals surface area contributed by atoms with E-state index in [1.165, 1.54) is 0 Å². The molecule has 0 atom stereocenters. The van der Waals surface area contributed by atoms with Gasteiger partial charge in [0.25, 0.3) is 0 Å². The van der Waals surface area contributed by atoms with Gasteiger partial charge in [0.05, 0.1) is 18.3 Å². The van der Waals surface area contributed by atoms with Crippen molar-refractivity contribution >= 4 is 5.91 Å². The molecule has 0 radical (unpaired) electrons. The van der Waals surface area contributed by atoms with Crippen molar-refractivity contribution in [2.45, 2.75) is 13.0 Å². The Labute approximate surface area is 69.4 Å². The first-order chi connectivity index (χ1) is 5.83. The minimum atomic E-state index is -0.271. The second kappa shape index (κ2) is 4.13. The van der Waals surface area contributed by atoms with Crippen LogP contribution in [0.2, 0.25) is 0 Å². The van der Waals surface area contributed by atoms with Gasteiger partial charge < -0.3 is 5.32 Å². The summed E-state index contributed by atoms with van der Waals surface area (Å²) in [4.78, 5) is 10.8. The van der Waals surface area contributed by atoms with Gasteiger partial charge in [0.15, 0.2) is 0 Å². The fraction of sp³-hybridized carbons (Fsp3) is 0.286. The number of nitriles is 1. The number of hydrogen-bond acceptors (Lipinski definition) is 3. The quantitative estimate of drug-likeness (QED) is 0.656. The van der Waals surface area contributed by atoms with Crippen LogP contribution in [0.15, 0.2) is 12.3 Å². The number of nitrogens with one attached hydrogen (secondary N) is 2. The number of carbonyl (C=O) groups excluding carboxylic acids is 1. The predicted molar refractivity (Wildman–Crippen MR) is 40.7 cm³/mol. The lowest BCUT2D eigenvalue weighted by atomic mass is 10.4. The SMILES string of the molecule is N#CCC(=O)NCc1ccn[nH]1. The van der Waals surface area contributed by atoms with Crippen LogP contribution < -0.4 is 5.32 Å². The zero-order chi connectivity index (χ0) is 8.81. The molecular formula is C7H8N4O. The normalized spacial score (nSPS) is 8.92. The largest absolute Gasteiger partial charge is 0.350 e. The molecule has 1 aromatic heterocycles. The maximum Gasteiger partial charge on any atom is 0.234 e. The standard InChI is InChI=1S/C7H8N4O/c8-3-1-7(12)9-5-6-2-4-10-11-6/h2,4H,1,5H2,(H,9,12)(H,10,11). The van der Waals surface area contributed by atoms with Crippen LogP contribution in [0.3, 0.4) is 0 Å². The van der Waals surface area contributed by atoms with Crippen molar-refractivity contribution < 1.29 is 4.79 Å². The minimum absolute atomic E-state index is 0.103. The molecule has 5 nitrogen and oxygen atoms in total. The summed E-state index contributed by atoms with van der Waals surface area (Å²) in [6, 6.07) is 3.52. The Balaban J connectivity index is 2.28. The van der Waals surface area contributed by atoms with Crippen LogP contribution in [0.4, 0.5) is 0 Å². The van der Waals surface area contributed by atoms with Crippen molar-refractivity contribution in [1.29, 1.82) is 5.26 Å². The molecule has 1 aromatic rings. The summed E-state index contributed by atoms with van der Waals surface area (Å²) in [5.74, 6) is -0.271. The molecule has 0 aliphatic heterocycles. The van der Waals surface area contributed by atoms with E-state index in [4.69, 9.17) is 5.26 Å². The molecule has 0 spiro atoms. The average Bonchev–Trinajstić information content (AvgIpc) is 2.53. The van der Waals surface area contributed by atoms with Crippen molar-refractivity contribution in [3.8, 4) is 6.07 Å². The van der Waals surface area contributed by atoms with Gasteiger partial charge in [-0.2, -0.15) is 10.4 Å². The van der Waals surface area contributed by atoms with Crippen LogP contribution in [0.25, 0.3) is 0 Å². The Kier molecular flexibility index (Phi) is 2.85. The third-order valence-corrected chi connectivity index (χ3v) is 1.27. The molecule has 0 fully saturated rings. The Hall–Kier alpha value is -1.83. The fourth-order valence-corrected chi connectivity index (χ4v) is 0.711. The zero-order valence-corrected chi connectivity index (χ0v) is 6.37. The highest BCUT2D eigenvalue weighted by molar-refractivity contribution is 5.77. The van der Waals surface area contributed by atoms with Gasteiger partial charge in [-0.25, -0.2) is 0 Å². The first kappa shape index (κ1) is 8.27. The lowest BCUT2D eigenvalue weighted by Gasteiger charge is -1.98. The van der Waals surface area contributed by atoms with E-state index in [9.17, 15) is 4.79 Å². The first-order valence-corrected chi connectivity index (χ1v) is 3.45. The van der Waals surface area contributed by atoms with E-state index in [-0.39, 0.29) is 12.3 Å². The third-order valence-electron chi connectivity index (χ3n) is 1.27. The molecule has 0 bridgehead atoms. The van der Waals surface area contributed by atoms with Gasteiger partial charge in [0.1, 0.15) is 6.42 Å². The molecule has 0 aromatic carbocycles. The first-order valence-electron chi connectivity index (χ1n) is 3.45. The van der Waals surface area contributed by atoms with E-state index >= 15 is 0 Å². The maximum absolute atomic E-state index is 10.8. The third kappa shape index (κ3) is 2.42. The van der Waals surface area contributed by atoms with Crippen LogP contribution in [0.5, 0.6) is 0 Å². The monoisotopic (exact) mass is 164 g/mol. The summed E-state index contributed by atoms with van der Waals surface area (Å²) < 4.78 is 0. The summed E-state index contributed by atoms with van der Waals surface area (Å²) >= 11 is 0. The van der Waals surface area contributed by atoms with Crippen LogP contribution in [0, 0.1) is 11.3 Å². The Morgan fingerprint density at radius 2 is 2.67 bits per heavy atom. The predicted octanol–water partition coefficient (Wildman–Crippen LogP) is -0.0604. The van der Waals surface area contributed by atoms with Crippen LogP contribution in [-0.4, -0.2) is 16.1 Å². The number of aromatic nitrogens is 2. The van der Waals surface area contributed by atoms with E-state index < -0.39 is 0 Å². The summed E-state index contributed by atoms with van der Waals surface area (Å²) in [7, 11) is 0. The van der Waals surface area contributed by atoms with Gasteiger partial charge in [0.2, 0.25) is 5.91 Å². The number of nitrogens with zero attached hydrogens (tertiary/aromatic N) is 2. The lowest BCUT2D eigenvalue weighted by Crippen LogP contribution is -2.21. The highest BCUT2D eigenvalue weighted by Gasteiger charge is 1.99. The molecule has 1 rings (SSSR count). The highest BCUT2D eigenvalue weighted by atomic mass is 16.1. The Bertz CT molecular complexity index is 285. The molecule has 5 heteroatoms. The summed E-state index contributed by atoms with van der Waals surface area (Å²) in [5, 5.41) is 17.1. The summed E-state index contributed by atoms with van der Waals surface area (Å²) in [5.41, 5.74) is 0.821. The van der Waals surface area contributed by atoms with Crippen LogP contribution in [0.1, 0.15) is 12.1 Å². The molecule has 12 heavy (non-hydrogen) atoms. The van der Waals surface area contributed by atoms with Gasteiger partial charge in [-0.3, -0.25) is 9.89 Å². The number of rotatable bonds is 3. The van der Waals surface area contributed by atoms with Crippen molar-refractivity contribution in [2.24, 2.45) is 0 Å². The second-order valence-corrected chi connectivity index (χ2v) is 2.19. The molecular weight excluding hydrogens is 156 g/mol. The van der Waals surface area contributed by atoms with Gasteiger partial charge in [-0.1, -0.05) is 0 Å². The molecule has 0 saturated heterocycles. The van der Waals surface area contributed by atoms with Crippen molar-refractivity contribution in [3.05, 3.63) is 18.0 Å². The molecule has 0 aliphatic rings. The maximum atomic E-state index is 10.8. The molecule has 1 amide bonds. The molecule has 0 aliphatic carbocycles. The number of aromatic amines is 1. The second-order valence-electron chi connectivity index (χ2n) is 2.19. The summed E-state index contributed by atoms with van der Waals surface area (Å²) in [6.45, 7) is 0.389. The number of H-pyrrole nitrogens is 1.